The molecule has 1 aromatic heterocycles. The highest BCUT2D eigenvalue weighted by Gasteiger charge is 2.53. The van der Waals surface area contributed by atoms with Gasteiger partial charge >= 0.3 is 5.97 Å². The van der Waals surface area contributed by atoms with Gasteiger partial charge in [0.2, 0.25) is 0 Å². The predicted molar refractivity (Wildman–Crippen MR) is 147 cm³/mol. The molecule has 2 atom stereocenters. The van der Waals surface area contributed by atoms with E-state index in [0.29, 0.717) is 41.5 Å². The van der Waals surface area contributed by atoms with Gasteiger partial charge in [0.15, 0.2) is 18.3 Å². The molecule has 1 heterocycles. The fourth-order valence-electron chi connectivity index (χ4n) is 5.34. The number of hydrogen-bond acceptors (Lipinski definition) is 7. The summed E-state index contributed by atoms with van der Waals surface area (Å²) >= 11 is 0. The molecule has 0 radical (unpaired) electrons. The van der Waals surface area contributed by atoms with E-state index in [9.17, 15) is 15.0 Å². The summed E-state index contributed by atoms with van der Waals surface area (Å²) in [5, 5.41) is 24.1. The molecule has 1 fully saturated rings. The first kappa shape index (κ1) is 26.7. The molecule has 0 bridgehead atoms. The Bertz CT molecular complexity index is 1350. The summed E-state index contributed by atoms with van der Waals surface area (Å²) < 4.78 is 16.8. The summed E-state index contributed by atoms with van der Waals surface area (Å²) in [5.74, 6) is 0.915. The third-order valence-corrected chi connectivity index (χ3v) is 7.32. The highest BCUT2D eigenvalue weighted by molar-refractivity contribution is 5.76. The number of ether oxygens (including phenoxy) is 2. The number of hydrogen-bond donors (Lipinski definition) is 2. The van der Waals surface area contributed by atoms with Crippen LogP contribution in [0.4, 0.5) is 0 Å². The molecule has 39 heavy (non-hydrogen) atoms. The zero-order chi connectivity index (χ0) is 27.3. The first-order valence-corrected chi connectivity index (χ1v) is 13.4. The number of oxazole rings is 1. The zero-order valence-electron chi connectivity index (χ0n) is 22.0. The largest absolute Gasteiger partial charge is 0.482 e. The van der Waals surface area contributed by atoms with Gasteiger partial charge in [-0.2, -0.15) is 0 Å². The van der Waals surface area contributed by atoms with Gasteiger partial charge < -0.3 is 24.1 Å². The van der Waals surface area contributed by atoms with Crippen LogP contribution in [0.5, 0.6) is 5.75 Å². The Morgan fingerprint density at radius 1 is 0.923 bits per heavy atom. The van der Waals surface area contributed by atoms with Crippen LogP contribution in [0.25, 0.3) is 22.6 Å². The predicted octanol–water partition coefficient (Wildman–Crippen LogP) is 5.69. The Morgan fingerprint density at radius 3 is 2.33 bits per heavy atom. The second-order valence-electron chi connectivity index (χ2n) is 9.91. The number of aliphatic hydroxyl groups is 2. The summed E-state index contributed by atoms with van der Waals surface area (Å²) in [6.45, 7) is 1.77. The van der Waals surface area contributed by atoms with Crippen LogP contribution in [0.2, 0.25) is 0 Å². The van der Waals surface area contributed by atoms with E-state index in [0.717, 1.165) is 24.0 Å². The lowest BCUT2D eigenvalue weighted by Gasteiger charge is -2.47. The summed E-state index contributed by atoms with van der Waals surface area (Å²) in [6.07, 6.45) is 2.28. The molecule has 1 saturated carbocycles. The number of benzene rings is 3. The summed E-state index contributed by atoms with van der Waals surface area (Å²) in [7, 11) is 0. The van der Waals surface area contributed by atoms with Crippen molar-refractivity contribution in [1.29, 1.82) is 0 Å². The molecule has 0 aliphatic heterocycles. The summed E-state index contributed by atoms with van der Waals surface area (Å²) in [6, 6.07) is 26.4. The number of esters is 1. The number of nitrogens with zero attached hydrogens (tertiary/aromatic N) is 1. The van der Waals surface area contributed by atoms with E-state index in [1.807, 2.05) is 60.7 Å². The third kappa shape index (κ3) is 5.60. The maximum absolute atomic E-state index is 12.1. The van der Waals surface area contributed by atoms with Gasteiger partial charge in [0.25, 0.3) is 0 Å². The standard InChI is InChI=1S/C32H33NO6/c1-2-37-28(34)22-38-26-17-11-16-25(20-26)32(36)19-10-9-18-31(32,35)21-27-33-29(23-12-5-3-6-13-23)30(39-27)24-14-7-4-8-15-24/h3-8,11-17,20,35-36H,2,9-10,18-19,21-22H2,1H3. The minimum atomic E-state index is -1.57. The quantitative estimate of drug-likeness (QED) is 0.270. The van der Waals surface area contributed by atoms with E-state index in [4.69, 9.17) is 18.9 Å². The Balaban J connectivity index is 1.47. The summed E-state index contributed by atoms with van der Waals surface area (Å²) in [4.78, 5) is 16.6. The van der Waals surface area contributed by atoms with E-state index in [1.165, 1.54) is 0 Å². The fourth-order valence-corrected chi connectivity index (χ4v) is 5.34. The molecule has 7 heteroatoms. The highest BCUT2D eigenvalue weighted by atomic mass is 16.6. The molecule has 0 amide bonds. The minimum Gasteiger partial charge on any atom is -0.482 e. The first-order chi connectivity index (χ1) is 18.9. The normalized spacial score (nSPS) is 20.9. The van der Waals surface area contributed by atoms with Gasteiger partial charge in [-0.1, -0.05) is 85.6 Å². The van der Waals surface area contributed by atoms with E-state index in [-0.39, 0.29) is 19.6 Å². The van der Waals surface area contributed by atoms with Gasteiger partial charge in [0, 0.05) is 11.1 Å². The van der Waals surface area contributed by atoms with Gasteiger partial charge in [-0.05, 0) is 37.5 Å². The van der Waals surface area contributed by atoms with Crippen LogP contribution >= 0.6 is 0 Å². The van der Waals surface area contributed by atoms with E-state index in [2.05, 4.69) is 0 Å². The molecule has 2 unspecified atom stereocenters. The molecule has 1 aliphatic rings. The second kappa shape index (κ2) is 11.4. The van der Waals surface area contributed by atoms with Gasteiger partial charge in [-0.15, -0.1) is 0 Å². The van der Waals surface area contributed by atoms with Crippen LogP contribution in [-0.4, -0.2) is 40.0 Å². The van der Waals surface area contributed by atoms with Gasteiger partial charge in [-0.3, -0.25) is 0 Å². The lowest BCUT2D eigenvalue weighted by molar-refractivity contribution is -0.183. The van der Waals surface area contributed by atoms with E-state index < -0.39 is 17.2 Å². The molecule has 0 spiro atoms. The van der Waals surface area contributed by atoms with Gasteiger partial charge in [0.05, 0.1) is 13.0 Å². The molecule has 7 nitrogen and oxygen atoms in total. The molecule has 4 aromatic rings. The Labute approximate surface area is 228 Å². The van der Waals surface area contributed by atoms with E-state index in [1.54, 1.807) is 31.2 Å². The Morgan fingerprint density at radius 2 is 1.62 bits per heavy atom. The molecule has 5 rings (SSSR count). The van der Waals surface area contributed by atoms with Crippen LogP contribution in [0.3, 0.4) is 0 Å². The van der Waals surface area contributed by atoms with Gasteiger partial charge in [0.1, 0.15) is 22.6 Å². The number of carbonyl (C=O) groups is 1. The molecule has 202 valence electrons. The smallest absolute Gasteiger partial charge is 0.344 e. The lowest BCUT2D eigenvalue weighted by atomic mass is 9.66. The van der Waals surface area contributed by atoms with Crippen molar-refractivity contribution in [2.45, 2.75) is 50.2 Å². The Hall–Kier alpha value is -3.94. The van der Waals surface area contributed by atoms with Crippen molar-refractivity contribution in [1.82, 2.24) is 4.98 Å². The maximum atomic E-state index is 12.1. The fraction of sp³-hybridized carbons (Fsp3) is 0.312. The first-order valence-electron chi connectivity index (χ1n) is 13.4. The average molecular weight is 528 g/mol. The summed E-state index contributed by atoms with van der Waals surface area (Å²) in [5.41, 5.74) is -0.102. The minimum absolute atomic E-state index is 0.0318. The SMILES string of the molecule is CCOC(=O)COc1cccc(C2(O)CCCCC2(O)Cc2nc(-c3ccccc3)c(-c3ccccc3)o2)c1. The zero-order valence-corrected chi connectivity index (χ0v) is 22.0. The number of rotatable bonds is 9. The van der Waals surface area contributed by atoms with Crippen molar-refractivity contribution in [3.8, 4) is 28.3 Å². The van der Waals surface area contributed by atoms with Gasteiger partial charge in [-0.25, -0.2) is 9.78 Å². The van der Waals surface area contributed by atoms with Crippen molar-refractivity contribution in [3.05, 3.63) is 96.4 Å². The van der Waals surface area contributed by atoms with Crippen molar-refractivity contribution in [3.63, 3.8) is 0 Å². The van der Waals surface area contributed by atoms with Crippen molar-refractivity contribution >= 4 is 5.97 Å². The molecule has 0 saturated heterocycles. The van der Waals surface area contributed by atoms with Crippen LogP contribution in [-0.2, 0) is 21.6 Å². The second-order valence-corrected chi connectivity index (χ2v) is 9.91. The topological polar surface area (TPSA) is 102 Å². The van der Waals surface area contributed by atoms with Crippen molar-refractivity contribution in [2.75, 3.05) is 13.2 Å². The van der Waals surface area contributed by atoms with Crippen molar-refractivity contribution < 1.29 is 28.9 Å². The molecule has 1 aliphatic carbocycles. The molecular weight excluding hydrogens is 494 g/mol. The molecule has 2 N–H and O–H groups in total. The monoisotopic (exact) mass is 527 g/mol. The average Bonchev–Trinajstić information content (AvgIpc) is 3.38. The van der Waals surface area contributed by atoms with Crippen molar-refractivity contribution in [2.24, 2.45) is 0 Å². The lowest BCUT2D eigenvalue weighted by Crippen LogP contribution is -2.55. The molecular formula is C32H33NO6. The Kier molecular flexibility index (Phi) is 7.82. The molecule has 3 aromatic carbocycles. The van der Waals surface area contributed by atoms with Crippen LogP contribution in [0.1, 0.15) is 44.1 Å². The third-order valence-electron chi connectivity index (χ3n) is 7.32. The number of carbonyl (C=O) groups excluding carboxylic acids is 1. The van der Waals surface area contributed by atoms with Crippen LogP contribution < -0.4 is 4.74 Å². The van der Waals surface area contributed by atoms with E-state index >= 15 is 0 Å². The van der Waals surface area contributed by atoms with Crippen LogP contribution in [0, 0.1) is 0 Å². The maximum Gasteiger partial charge on any atom is 0.344 e. The van der Waals surface area contributed by atoms with Crippen LogP contribution in [0.15, 0.2) is 89.3 Å². The number of aromatic nitrogens is 1. The highest BCUT2D eigenvalue weighted by Crippen LogP contribution is 2.47.